The van der Waals surface area contributed by atoms with Crippen LogP contribution in [0.1, 0.15) is 0 Å². The Balaban J connectivity index is 3.68. The van der Waals surface area contributed by atoms with Crippen molar-refractivity contribution in [3.63, 3.8) is 0 Å². The summed E-state index contributed by atoms with van der Waals surface area (Å²) in [4.78, 5) is 5.46. The van der Waals surface area contributed by atoms with Crippen molar-refractivity contribution in [1.82, 2.24) is 4.98 Å². The molecule has 0 amide bonds. The van der Waals surface area contributed by atoms with Gasteiger partial charge in [0.05, 0.1) is 0 Å². The van der Waals surface area contributed by atoms with E-state index in [-0.39, 0.29) is 11.3 Å². The number of nitrogens with two attached hydrogens (primary N) is 1. The monoisotopic (exact) mass is 577 g/mol. The van der Waals surface area contributed by atoms with E-state index in [1.807, 2.05) is 0 Å². The predicted octanol–water partition coefficient (Wildman–Crippen LogP) is 6.00. The maximum absolute atomic E-state index is 14.3. The molecule has 204 valence electrons. The molecule has 0 radical (unpaired) electrons. The lowest BCUT2D eigenvalue weighted by atomic mass is 10.2. The lowest BCUT2D eigenvalue weighted by molar-refractivity contribution is -0.547. The fourth-order valence-electron chi connectivity index (χ4n) is 1.63. The zero-order chi connectivity index (χ0) is 28.1. The highest BCUT2D eigenvalue weighted by Crippen LogP contribution is 2.56. The van der Waals surface area contributed by atoms with Gasteiger partial charge < -0.3 is 5.73 Å². The van der Waals surface area contributed by atoms with E-state index >= 15 is 0 Å². The molecule has 0 bridgehead atoms. The highest BCUT2D eigenvalue weighted by Gasteiger charge is 2.85. The summed E-state index contributed by atoms with van der Waals surface area (Å²) in [5, 5.41) is -0.127. The third-order valence-corrected chi connectivity index (χ3v) is 3.99. The van der Waals surface area contributed by atoms with Crippen molar-refractivity contribution in [3.8, 4) is 0 Å². The van der Waals surface area contributed by atoms with Crippen LogP contribution in [0, 0.1) is 0 Å². The number of rotatable bonds is 8. The molecule has 2 atom stereocenters. The van der Waals surface area contributed by atoms with Gasteiger partial charge in [0.15, 0.2) is 5.84 Å². The molecular formula is C12H4F17N3O2S. The number of amidine groups is 1. The highest BCUT2D eigenvalue weighted by molar-refractivity contribution is 7.13. The van der Waals surface area contributed by atoms with Crippen LogP contribution in [0.3, 0.4) is 0 Å². The number of thiazole rings is 1. The summed E-state index contributed by atoms with van der Waals surface area (Å²) in [6.45, 7) is 0. The van der Waals surface area contributed by atoms with Crippen LogP contribution in [0.2, 0.25) is 0 Å². The smallest absolute Gasteiger partial charge is 0.382 e. The lowest BCUT2D eigenvalue weighted by Gasteiger charge is -2.40. The van der Waals surface area contributed by atoms with Gasteiger partial charge in [0, 0.05) is 11.6 Å². The van der Waals surface area contributed by atoms with Crippen molar-refractivity contribution < 1.29 is 84.1 Å². The number of hydrogen-bond donors (Lipinski definition) is 1. The summed E-state index contributed by atoms with van der Waals surface area (Å²) in [5.41, 5.74) is 4.44. The average Bonchev–Trinajstić information content (AvgIpc) is 3.10. The molecule has 2 unspecified atom stereocenters. The van der Waals surface area contributed by atoms with E-state index in [0.29, 0.717) is 0 Å². The van der Waals surface area contributed by atoms with Gasteiger partial charge in [0.1, 0.15) is 0 Å². The van der Waals surface area contributed by atoms with Gasteiger partial charge in [-0.2, -0.15) is 79.6 Å². The summed E-state index contributed by atoms with van der Waals surface area (Å²) < 4.78 is 225. The maximum Gasteiger partial charge on any atom is 0.462 e. The first-order valence-corrected chi connectivity index (χ1v) is 8.40. The number of aromatic nitrogens is 1. The van der Waals surface area contributed by atoms with Gasteiger partial charge in [-0.1, -0.05) is 0 Å². The van der Waals surface area contributed by atoms with Gasteiger partial charge in [0.2, 0.25) is 5.13 Å². The lowest BCUT2D eigenvalue weighted by Crippen LogP contribution is -2.68. The number of aliphatic imine (C=N–C) groups is 1. The number of hydrogen-bond acceptors (Lipinski definition) is 5. The van der Waals surface area contributed by atoms with Gasteiger partial charge >= 0.3 is 48.4 Å². The van der Waals surface area contributed by atoms with E-state index in [4.69, 9.17) is 0 Å². The Morgan fingerprint density at radius 2 is 1.20 bits per heavy atom. The summed E-state index contributed by atoms with van der Waals surface area (Å²) in [7, 11) is 0. The van der Waals surface area contributed by atoms with Crippen LogP contribution in [0.4, 0.5) is 79.8 Å². The third-order valence-electron chi connectivity index (χ3n) is 3.33. The zero-order valence-electron chi connectivity index (χ0n) is 15.3. The van der Waals surface area contributed by atoms with Crippen LogP contribution in [-0.2, 0) is 9.47 Å². The Bertz CT molecular complexity index is 909. The van der Waals surface area contributed by atoms with Gasteiger partial charge in [-0.25, -0.2) is 4.98 Å². The van der Waals surface area contributed by atoms with E-state index < -0.39 is 59.3 Å². The summed E-state index contributed by atoms with van der Waals surface area (Å²) >= 11 is 0.195. The first-order valence-electron chi connectivity index (χ1n) is 7.52. The number of halogens is 17. The van der Waals surface area contributed by atoms with Crippen LogP contribution < -0.4 is 5.73 Å². The largest absolute Gasteiger partial charge is 0.462 e. The van der Waals surface area contributed by atoms with Crippen LogP contribution in [0.5, 0.6) is 0 Å². The Kier molecular flexibility index (Phi) is 7.71. The quantitative estimate of drug-likeness (QED) is 0.234. The van der Waals surface area contributed by atoms with Crippen LogP contribution in [0.15, 0.2) is 16.6 Å². The molecule has 0 aliphatic rings. The van der Waals surface area contributed by atoms with E-state index in [0.717, 1.165) is 11.6 Å². The predicted molar refractivity (Wildman–Crippen MR) is 76.3 cm³/mol. The Morgan fingerprint density at radius 1 is 0.714 bits per heavy atom. The molecule has 23 heteroatoms. The van der Waals surface area contributed by atoms with Gasteiger partial charge in [-0.15, -0.1) is 11.3 Å². The second kappa shape index (κ2) is 8.74. The van der Waals surface area contributed by atoms with Crippen LogP contribution in [-0.4, -0.2) is 59.2 Å². The minimum Gasteiger partial charge on any atom is -0.382 e. The molecule has 5 nitrogen and oxygen atoms in total. The molecule has 35 heavy (non-hydrogen) atoms. The fourth-order valence-corrected chi connectivity index (χ4v) is 2.15. The van der Waals surface area contributed by atoms with E-state index in [1.54, 1.807) is 0 Å². The molecule has 1 aromatic heterocycles. The highest BCUT2D eigenvalue weighted by atomic mass is 32.1. The number of alkyl halides is 17. The molecule has 1 rings (SSSR count). The minimum atomic E-state index is -7.98. The van der Waals surface area contributed by atoms with Crippen molar-refractivity contribution in [2.45, 2.75) is 48.4 Å². The molecule has 2 N–H and O–H groups in total. The molecule has 0 spiro atoms. The van der Waals surface area contributed by atoms with Crippen molar-refractivity contribution in [3.05, 3.63) is 11.6 Å². The van der Waals surface area contributed by atoms with Gasteiger partial charge in [-0.05, 0) is 0 Å². The molecule has 0 fully saturated rings. The molecule has 0 saturated carbocycles. The SMILES string of the molecule is N/C(=N\c1nccs1)C(F)(OC(F)(F)C(F)(OC(F)(F)C(F)(F)C(F)(F)F)C(F)(F)F)C(F)(F)F. The van der Waals surface area contributed by atoms with E-state index in [1.165, 1.54) is 4.74 Å². The van der Waals surface area contributed by atoms with Gasteiger partial charge in [-0.3, -0.25) is 9.47 Å². The maximum atomic E-state index is 14.3. The van der Waals surface area contributed by atoms with Crippen LogP contribution >= 0.6 is 11.3 Å². The first kappa shape index (κ1) is 30.9. The Labute approximate surface area is 183 Å². The average molecular weight is 577 g/mol. The van der Waals surface area contributed by atoms with E-state index in [2.05, 4.69) is 20.4 Å². The Hall–Kier alpha value is -2.17. The molecule has 1 heterocycles. The molecule has 0 aliphatic carbocycles. The zero-order valence-corrected chi connectivity index (χ0v) is 16.1. The molecule has 0 saturated heterocycles. The first-order chi connectivity index (χ1) is 15.2. The Morgan fingerprint density at radius 3 is 1.54 bits per heavy atom. The van der Waals surface area contributed by atoms with Crippen LogP contribution in [0.25, 0.3) is 0 Å². The summed E-state index contributed by atoms with van der Waals surface area (Å²) in [6.07, 6.45) is -37.5. The van der Waals surface area contributed by atoms with Gasteiger partial charge in [0.25, 0.3) is 0 Å². The normalized spacial score (nSPS) is 18.8. The van der Waals surface area contributed by atoms with Crippen molar-refractivity contribution in [2.75, 3.05) is 0 Å². The third kappa shape index (κ3) is 5.49. The summed E-state index contributed by atoms with van der Waals surface area (Å²) in [5.74, 6) is -25.3. The molecule has 0 aromatic carbocycles. The summed E-state index contributed by atoms with van der Waals surface area (Å²) in [6, 6.07) is 0. The minimum absolute atomic E-state index is 0.195. The number of ether oxygens (including phenoxy) is 2. The molecule has 1 aromatic rings. The topological polar surface area (TPSA) is 69.7 Å². The molecule has 0 aliphatic heterocycles. The van der Waals surface area contributed by atoms with Crippen molar-refractivity contribution in [2.24, 2.45) is 10.7 Å². The van der Waals surface area contributed by atoms with E-state index in [9.17, 15) is 74.6 Å². The fraction of sp³-hybridized carbons (Fsp3) is 0.667. The molecular weight excluding hydrogens is 573 g/mol. The second-order valence-corrected chi connectivity index (χ2v) is 6.68. The van der Waals surface area contributed by atoms with Crippen molar-refractivity contribution in [1.29, 1.82) is 0 Å². The second-order valence-electron chi connectivity index (χ2n) is 5.81. The van der Waals surface area contributed by atoms with Crippen molar-refractivity contribution >= 4 is 22.3 Å². The standard InChI is InChI=1S/C12H4F17N3O2S/c13-5(8(17,18)19,3(30)32-4-31-1-2-35-4)33-12(28,29)7(16,10(23,24)25)34-11(26,27)6(14,15)9(20,21)22/h1-2H,(H2,30,31,32). The number of nitrogens with zero attached hydrogens (tertiary/aromatic N) is 2.